The average Bonchev–Trinajstić information content (AvgIpc) is 3.24. The Bertz CT molecular complexity index is 639. The summed E-state index contributed by atoms with van der Waals surface area (Å²) in [5.74, 6) is 0.871. The van der Waals surface area contributed by atoms with E-state index < -0.39 is 0 Å². The standard InChI is InChI=1S/C17H27N5S2.HI/c1-4-14-11-21-16(24-14)8-10-20-17(18-6-3)19-9-7-13-12-23-15(5-2)22-13;/h11-12H,4-10H2,1-3H3,(H2,18,19,20);1H. The second kappa shape index (κ2) is 12.6. The topological polar surface area (TPSA) is 62.2 Å². The summed E-state index contributed by atoms with van der Waals surface area (Å²) in [6.45, 7) is 8.84. The van der Waals surface area contributed by atoms with Gasteiger partial charge in [-0.1, -0.05) is 13.8 Å². The number of guanidine groups is 1. The van der Waals surface area contributed by atoms with Gasteiger partial charge in [-0.25, -0.2) is 9.97 Å². The van der Waals surface area contributed by atoms with Crippen LogP contribution >= 0.6 is 46.7 Å². The molecule has 8 heteroatoms. The van der Waals surface area contributed by atoms with Gasteiger partial charge in [0, 0.05) is 48.9 Å². The number of nitrogens with zero attached hydrogens (tertiary/aromatic N) is 3. The molecule has 2 N–H and O–H groups in total. The van der Waals surface area contributed by atoms with Gasteiger partial charge < -0.3 is 10.6 Å². The molecule has 0 bridgehead atoms. The highest BCUT2D eigenvalue weighted by atomic mass is 127. The molecule has 0 atom stereocenters. The number of thiazole rings is 2. The SMILES string of the molecule is CCNC(=NCCc1ncc(CC)s1)NCCc1csc(CC)n1.I. The van der Waals surface area contributed by atoms with E-state index in [1.165, 1.54) is 14.9 Å². The second-order valence-electron chi connectivity index (χ2n) is 5.35. The molecule has 2 rings (SSSR count). The van der Waals surface area contributed by atoms with E-state index in [4.69, 9.17) is 0 Å². The zero-order valence-electron chi connectivity index (χ0n) is 15.2. The average molecular weight is 493 g/mol. The predicted molar refractivity (Wildman–Crippen MR) is 120 cm³/mol. The van der Waals surface area contributed by atoms with E-state index in [0.717, 1.165) is 57.0 Å². The van der Waals surface area contributed by atoms with Gasteiger partial charge >= 0.3 is 0 Å². The number of halogens is 1. The third kappa shape index (κ3) is 8.00. The summed E-state index contributed by atoms with van der Waals surface area (Å²) in [7, 11) is 0. The number of aliphatic imine (C=N–C) groups is 1. The molecule has 0 radical (unpaired) electrons. The zero-order chi connectivity index (χ0) is 17.2. The molecule has 140 valence electrons. The summed E-state index contributed by atoms with van der Waals surface area (Å²) in [6.07, 6.45) is 5.87. The molecule has 0 unspecified atom stereocenters. The van der Waals surface area contributed by atoms with E-state index >= 15 is 0 Å². The molecule has 25 heavy (non-hydrogen) atoms. The van der Waals surface area contributed by atoms with Crippen molar-refractivity contribution in [2.75, 3.05) is 19.6 Å². The summed E-state index contributed by atoms with van der Waals surface area (Å²) in [5, 5.41) is 11.2. The van der Waals surface area contributed by atoms with Crippen LogP contribution < -0.4 is 10.6 Å². The van der Waals surface area contributed by atoms with Crippen LogP contribution in [0.3, 0.4) is 0 Å². The van der Waals surface area contributed by atoms with Gasteiger partial charge in [-0.15, -0.1) is 46.7 Å². The van der Waals surface area contributed by atoms with Gasteiger partial charge in [-0.05, 0) is 19.8 Å². The molecule has 0 saturated carbocycles. The second-order valence-corrected chi connectivity index (χ2v) is 7.49. The first-order valence-corrected chi connectivity index (χ1v) is 10.3. The molecule has 0 aliphatic rings. The molecule has 0 saturated heterocycles. The van der Waals surface area contributed by atoms with Crippen LogP contribution in [0.15, 0.2) is 16.6 Å². The normalized spacial score (nSPS) is 11.2. The number of hydrogen-bond donors (Lipinski definition) is 2. The van der Waals surface area contributed by atoms with Gasteiger partial charge in [0.25, 0.3) is 0 Å². The Labute approximate surface area is 175 Å². The molecule has 5 nitrogen and oxygen atoms in total. The third-order valence-electron chi connectivity index (χ3n) is 3.47. The molecule has 2 aromatic rings. The fourth-order valence-corrected chi connectivity index (χ4v) is 3.80. The van der Waals surface area contributed by atoms with Crippen LogP contribution in [0.5, 0.6) is 0 Å². The Morgan fingerprint density at radius 3 is 2.60 bits per heavy atom. The van der Waals surface area contributed by atoms with E-state index in [2.05, 4.69) is 51.7 Å². The van der Waals surface area contributed by atoms with Crippen LogP contribution in [-0.4, -0.2) is 35.6 Å². The summed E-state index contributed by atoms with van der Waals surface area (Å²) < 4.78 is 0. The lowest BCUT2D eigenvalue weighted by molar-refractivity contribution is 0.786. The van der Waals surface area contributed by atoms with Crippen molar-refractivity contribution in [3.63, 3.8) is 0 Å². The van der Waals surface area contributed by atoms with E-state index in [1.54, 1.807) is 22.7 Å². The fraction of sp³-hybridized carbons (Fsp3) is 0.588. The maximum absolute atomic E-state index is 4.64. The first-order chi connectivity index (χ1) is 11.7. The Morgan fingerprint density at radius 2 is 1.96 bits per heavy atom. The summed E-state index contributed by atoms with van der Waals surface area (Å²) >= 11 is 3.53. The van der Waals surface area contributed by atoms with Crippen LogP contribution in [0.4, 0.5) is 0 Å². The summed E-state index contributed by atoms with van der Waals surface area (Å²) in [5.41, 5.74) is 1.16. The molecular formula is C17H28IN5S2. The van der Waals surface area contributed by atoms with Crippen molar-refractivity contribution in [3.8, 4) is 0 Å². The molecule has 2 heterocycles. The highest BCUT2D eigenvalue weighted by molar-refractivity contribution is 14.0. The molecule has 0 fully saturated rings. The van der Waals surface area contributed by atoms with Crippen molar-refractivity contribution in [1.82, 2.24) is 20.6 Å². The number of aromatic nitrogens is 2. The zero-order valence-corrected chi connectivity index (χ0v) is 19.1. The van der Waals surface area contributed by atoms with Crippen LogP contribution in [0.1, 0.15) is 41.4 Å². The molecule has 0 amide bonds. The molecule has 0 aliphatic heterocycles. The quantitative estimate of drug-likeness (QED) is 0.318. The van der Waals surface area contributed by atoms with Gasteiger partial charge in [0.2, 0.25) is 0 Å². The molecule has 2 aromatic heterocycles. The Hall–Kier alpha value is -0.740. The number of rotatable bonds is 9. The van der Waals surface area contributed by atoms with Crippen molar-refractivity contribution < 1.29 is 0 Å². The Morgan fingerprint density at radius 1 is 1.12 bits per heavy atom. The van der Waals surface area contributed by atoms with Crippen LogP contribution in [0.25, 0.3) is 0 Å². The van der Waals surface area contributed by atoms with E-state index in [-0.39, 0.29) is 24.0 Å². The highest BCUT2D eigenvalue weighted by Gasteiger charge is 2.03. The van der Waals surface area contributed by atoms with Crippen molar-refractivity contribution in [3.05, 3.63) is 32.2 Å². The smallest absolute Gasteiger partial charge is 0.191 e. The van der Waals surface area contributed by atoms with Crippen LogP contribution in [0.2, 0.25) is 0 Å². The van der Waals surface area contributed by atoms with E-state index in [1.807, 2.05) is 6.20 Å². The summed E-state index contributed by atoms with van der Waals surface area (Å²) in [6, 6.07) is 0. The lowest BCUT2D eigenvalue weighted by atomic mass is 10.3. The van der Waals surface area contributed by atoms with Crippen molar-refractivity contribution >= 4 is 52.6 Å². The minimum Gasteiger partial charge on any atom is -0.357 e. The van der Waals surface area contributed by atoms with Gasteiger partial charge in [0.05, 0.1) is 15.7 Å². The van der Waals surface area contributed by atoms with Crippen LogP contribution in [0, 0.1) is 0 Å². The van der Waals surface area contributed by atoms with Crippen molar-refractivity contribution in [2.24, 2.45) is 4.99 Å². The van der Waals surface area contributed by atoms with Gasteiger partial charge in [0.1, 0.15) is 0 Å². The largest absolute Gasteiger partial charge is 0.357 e. The van der Waals surface area contributed by atoms with Gasteiger partial charge in [0.15, 0.2) is 5.96 Å². The van der Waals surface area contributed by atoms with E-state index in [0.29, 0.717) is 0 Å². The third-order valence-corrected chi connectivity index (χ3v) is 5.71. The van der Waals surface area contributed by atoms with Crippen molar-refractivity contribution in [1.29, 1.82) is 0 Å². The maximum Gasteiger partial charge on any atom is 0.191 e. The Balaban J connectivity index is 0.00000312. The number of nitrogens with one attached hydrogen (secondary N) is 2. The van der Waals surface area contributed by atoms with Crippen molar-refractivity contribution in [2.45, 2.75) is 46.5 Å². The number of aryl methyl sites for hydroxylation is 2. The molecule has 0 spiro atoms. The molecule has 0 aromatic carbocycles. The monoisotopic (exact) mass is 493 g/mol. The minimum atomic E-state index is 0. The lowest BCUT2D eigenvalue weighted by Crippen LogP contribution is -2.38. The lowest BCUT2D eigenvalue weighted by Gasteiger charge is -2.10. The Kier molecular flexibility index (Phi) is 11.2. The first kappa shape index (κ1) is 22.3. The van der Waals surface area contributed by atoms with Gasteiger partial charge in [-0.2, -0.15) is 0 Å². The van der Waals surface area contributed by atoms with Crippen LogP contribution in [-0.2, 0) is 25.7 Å². The highest BCUT2D eigenvalue weighted by Crippen LogP contribution is 2.13. The molecular weight excluding hydrogens is 465 g/mol. The maximum atomic E-state index is 4.64. The van der Waals surface area contributed by atoms with E-state index in [9.17, 15) is 0 Å². The first-order valence-electron chi connectivity index (χ1n) is 8.64. The fourth-order valence-electron chi connectivity index (χ4n) is 2.17. The minimum absolute atomic E-state index is 0. The predicted octanol–water partition coefficient (Wildman–Crippen LogP) is 3.68. The molecule has 0 aliphatic carbocycles. The summed E-state index contributed by atoms with van der Waals surface area (Å²) in [4.78, 5) is 15.0. The van der Waals surface area contributed by atoms with Gasteiger partial charge in [-0.3, -0.25) is 4.99 Å². The number of hydrogen-bond acceptors (Lipinski definition) is 5.